The maximum atomic E-state index is 14.4. The normalized spacial score (nSPS) is 21.1. The van der Waals surface area contributed by atoms with E-state index in [-0.39, 0.29) is 34.6 Å². The second-order valence-corrected chi connectivity index (χ2v) is 12.5. The Hall–Kier alpha value is -4.49. The van der Waals surface area contributed by atoms with Crippen LogP contribution in [0.25, 0.3) is 0 Å². The fraction of sp³-hybridized carbons (Fsp3) is 0.152. The van der Waals surface area contributed by atoms with Crippen molar-refractivity contribution >= 4 is 44.4 Å². The quantitative estimate of drug-likeness (QED) is 0.263. The fourth-order valence-corrected chi connectivity index (χ4v) is 7.88. The van der Waals surface area contributed by atoms with Crippen molar-refractivity contribution in [1.82, 2.24) is 0 Å². The second kappa shape index (κ2) is 9.61. The topological polar surface area (TPSA) is 74.8 Å². The Bertz CT molecular complexity index is 1800. The van der Waals surface area contributed by atoms with E-state index in [2.05, 4.69) is 5.87 Å². The van der Waals surface area contributed by atoms with E-state index in [1.165, 1.54) is 0 Å². The third kappa shape index (κ3) is 3.97. The van der Waals surface area contributed by atoms with Gasteiger partial charge in [-0.25, -0.2) is 0 Å². The first-order valence-corrected chi connectivity index (χ1v) is 14.8. The van der Waals surface area contributed by atoms with E-state index in [0.29, 0.717) is 33.7 Å². The van der Waals surface area contributed by atoms with Crippen molar-refractivity contribution in [3.05, 3.63) is 119 Å². The van der Waals surface area contributed by atoms with Crippen molar-refractivity contribution < 1.29 is 18.6 Å². The van der Waals surface area contributed by atoms with Crippen LogP contribution < -0.4 is 9.80 Å². The molecule has 4 aromatic carbocycles. The lowest BCUT2D eigenvalue weighted by Gasteiger charge is -2.43. The first-order chi connectivity index (χ1) is 19.2. The molecule has 6 rings (SSSR count). The van der Waals surface area contributed by atoms with Crippen molar-refractivity contribution in [3.63, 3.8) is 0 Å². The molecule has 4 aromatic rings. The maximum Gasteiger partial charge on any atom is 0.258 e. The molecule has 0 saturated heterocycles. The fourth-order valence-electron chi connectivity index (χ4n) is 5.99. The summed E-state index contributed by atoms with van der Waals surface area (Å²) in [7, 11) is -3.02. The Morgan fingerprint density at radius 1 is 0.875 bits per heavy atom. The lowest BCUT2D eigenvalue weighted by Crippen LogP contribution is -2.47. The number of anilines is 2. The molecular weight excluding hydrogens is 520 g/mol. The zero-order chi connectivity index (χ0) is 28.2. The lowest BCUT2D eigenvalue weighted by molar-refractivity contribution is -0.117. The molecule has 0 radical (unpaired) electrons. The van der Waals surface area contributed by atoms with Crippen LogP contribution in [-0.4, -0.2) is 33.7 Å². The lowest BCUT2D eigenvalue weighted by atomic mass is 9.89. The zero-order valence-electron chi connectivity index (χ0n) is 22.2. The summed E-state index contributed by atoms with van der Waals surface area (Å²) in [4.78, 5) is 44.5. The van der Waals surface area contributed by atoms with Crippen LogP contribution in [0.4, 0.5) is 11.4 Å². The largest absolute Gasteiger partial charge is 0.309 e. The number of carbonyl (C=O) groups excluding carboxylic acids is 3. The van der Waals surface area contributed by atoms with E-state index in [9.17, 15) is 18.6 Å². The van der Waals surface area contributed by atoms with Gasteiger partial charge in [0, 0.05) is 60.3 Å². The van der Waals surface area contributed by atoms with Gasteiger partial charge in [-0.15, -0.1) is 0 Å². The molecule has 2 aliphatic heterocycles. The molecule has 3 atom stereocenters. The highest BCUT2D eigenvalue weighted by Gasteiger charge is 2.39. The van der Waals surface area contributed by atoms with Crippen LogP contribution >= 0.6 is 0 Å². The number of benzene rings is 4. The molecule has 2 aliphatic rings. The minimum Gasteiger partial charge on any atom is -0.309 e. The molecule has 6 nitrogen and oxygen atoms in total. The number of ketones is 1. The van der Waals surface area contributed by atoms with Gasteiger partial charge in [-0.05, 0) is 73.3 Å². The summed E-state index contributed by atoms with van der Waals surface area (Å²) in [5, 5.41) is 0. The number of fused-ring (bicyclic) bond motifs is 3. The summed E-state index contributed by atoms with van der Waals surface area (Å²) in [5.41, 5.74) is 3.34. The maximum absolute atomic E-state index is 14.4. The molecule has 0 aliphatic carbocycles. The van der Waals surface area contributed by atoms with E-state index >= 15 is 0 Å². The molecule has 40 heavy (non-hydrogen) atoms. The van der Waals surface area contributed by atoms with Gasteiger partial charge in [-0.3, -0.25) is 18.6 Å². The van der Waals surface area contributed by atoms with Crippen LogP contribution in [0.5, 0.6) is 0 Å². The van der Waals surface area contributed by atoms with E-state index in [1.807, 2.05) is 61.5 Å². The Morgan fingerprint density at radius 3 is 2.27 bits per heavy atom. The third-order valence-electron chi connectivity index (χ3n) is 7.78. The van der Waals surface area contributed by atoms with Gasteiger partial charge in [-0.2, -0.15) is 0 Å². The highest BCUT2D eigenvalue weighted by Crippen LogP contribution is 2.43. The molecule has 0 fully saturated rings. The minimum atomic E-state index is -3.02. The summed E-state index contributed by atoms with van der Waals surface area (Å²) in [5.74, 6) is 3.44. The Kier molecular flexibility index (Phi) is 6.19. The number of hydrogen-bond acceptors (Lipinski definition) is 4. The van der Waals surface area contributed by atoms with Crippen LogP contribution in [0.3, 0.4) is 0 Å². The first kappa shape index (κ1) is 25.8. The molecule has 0 N–H and O–H groups in total. The summed E-state index contributed by atoms with van der Waals surface area (Å²) in [6, 6.07) is 28.1. The van der Waals surface area contributed by atoms with Crippen LogP contribution in [0.1, 0.15) is 58.2 Å². The molecular formula is C33H28N2O4S. The average molecular weight is 549 g/mol. The molecule has 0 aromatic heterocycles. The smallest absolute Gasteiger partial charge is 0.258 e. The highest BCUT2D eigenvalue weighted by molar-refractivity contribution is 8.00. The van der Waals surface area contributed by atoms with Gasteiger partial charge in [0.1, 0.15) is 0 Å². The first-order valence-electron chi connectivity index (χ1n) is 13.1. The van der Waals surface area contributed by atoms with E-state index in [4.69, 9.17) is 0 Å². The number of rotatable bonds is 3. The second-order valence-electron chi connectivity index (χ2n) is 10.3. The number of hydrogen-bond donors (Lipinski definition) is 0. The Morgan fingerprint density at radius 2 is 1.52 bits per heavy atom. The summed E-state index contributed by atoms with van der Waals surface area (Å²) in [6.07, 6.45) is 0.528. The Labute approximate surface area is 233 Å². The summed E-state index contributed by atoms with van der Waals surface area (Å²) >= 11 is 0. The predicted molar refractivity (Wildman–Crippen MR) is 158 cm³/mol. The number of nitrogens with zero attached hydrogens (tertiary/aromatic N) is 2. The standard InChI is InChI=1S/C33H28N2O4S/c1-21-19-29(25-13-7-9-15-28(25)34(21)22(2)36)35(24-11-5-4-6-12-24)33(38)23-17-18-27-31(20-23)40(3,39)30-16-10-8-14-26(30)32(27)37/h4-18,20-21,29H,3,19H2,1-2H3. The average Bonchev–Trinajstić information content (AvgIpc) is 2.96. The Balaban J connectivity index is 1.50. The summed E-state index contributed by atoms with van der Waals surface area (Å²) < 4.78 is 14.0. The van der Waals surface area contributed by atoms with Crippen molar-refractivity contribution in [3.8, 4) is 0 Å². The molecule has 2 amide bonds. The van der Waals surface area contributed by atoms with Crippen LogP contribution in [-0.2, 0) is 14.3 Å². The zero-order valence-corrected chi connectivity index (χ0v) is 23.1. The molecule has 7 heteroatoms. The van der Waals surface area contributed by atoms with Gasteiger partial charge < -0.3 is 9.80 Å². The van der Waals surface area contributed by atoms with Crippen LogP contribution in [0, 0.1) is 0 Å². The van der Waals surface area contributed by atoms with E-state index < -0.39 is 9.52 Å². The van der Waals surface area contributed by atoms with Crippen LogP contribution in [0.15, 0.2) is 107 Å². The van der Waals surface area contributed by atoms with Gasteiger partial charge in [-0.1, -0.05) is 48.5 Å². The van der Waals surface area contributed by atoms with Crippen LogP contribution in [0.2, 0.25) is 0 Å². The van der Waals surface area contributed by atoms with E-state index in [0.717, 1.165) is 11.3 Å². The van der Waals surface area contributed by atoms with Crippen molar-refractivity contribution in [2.45, 2.75) is 42.1 Å². The molecule has 0 saturated carbocycles. The number of para-hydroxylation sites is 2. The highest BCUT2D eigenvalue weighted by atomic mass is 32.2. The van der Waals surface area contributed by atoms with E-state index in [1.54, 1.807) is 59.2 Å². The van der Waals surface area contributed by atoms with Gasteiger partial charge >= 0.3 is 0 Å². The van der Waals surface area contributed by atoms with Gasteiger partial charge in [0.2, 0.25) is 5.91 Å². The molecule has 0 bridgehead atoms. The minimum absolute atomic E-state index is 0.0548. The molecule has 2 heterocycles. The predicted octanol–water partition coefficient (Wildman–Crippen LogP) is 5.90. The molecule has 200 valence electrons. The van der Waals surface area contributed by atoms with Gasteiger partial charge in [0.05, 0.1) is 6.04 Å². The van der Waals surface area contributed by atoms with Gasteiger partial charge in [0.15, 0.2) is 5.78 Å². The number of amides is 2. The third-order valence-corrected chi connectivity index (χ3v) is 9.89. The van der Waals surface area contributed by atoms with Crippen molar-refractivity contribution in [2.75, 3.05) is 9.80 Å². The summed E-state index contributed by atoms with van der Waals surface area (Å²) in [6.45, 7) is 3.54. The van der Waals surface area contributed by atoms with Gasteiger partial charge in [0.25, 0.3) is 5.91 Å². The van der Waals surface area contributed by atoms with Crippen molar-refractivity contribution in [1.29, 1.82) is 0 Å². The van der Waals surface area contributed by atoms with Crippen molar-refractivity contribution in [2.24, 2.45) is 0 Å². The number of carbonyl (C=O) groups is 3. The monoisotopic (exact) mass is 548 g/mol. The SMILES string of the molecule is C=S1(=O)c2ccccc2C(=O)c2ccc(C(=O)N(c3ccccc3)C3CC(C)N(C(C)=O)c4ccccc43)cc21. The molecule has 0 spiro atoms. The molecule has 3 unspecified atom stereocenters.